The number of ether oxygens (including phenoxy) is 1. The van der Waals surface area contributed by atoms with Crippen LogP contribution < -0.4 is 16.2 Å². The van der Waals surface area contributed by atoms with Crippen LogP contribution in [0.4, 0.5) is 0 Å². The molecule has 328 valence electrons. The molecule has 1 amide bonds. The zero-order chi connectivity index (χ0) is 44.6. The van der Waals surface area contributed by atoms with Crippen LogP contribution in [-0.4, -0.2) is 62.8 Å². The standard InChI is InChI=1S/C52H52N4O7S/c1-34(37-25-27-56(28-26-37)33-36-9-4-2-5-10-36)63-51(61)52(62,40-12-6-3-7-13-40)41-14-8-11-39(29-41)47-23-19-42(64-47)31-54-50(60)38-17-15-35(16-18-38)30-53-32-46(58)43-20-22-45(57)49-44(43)21-24-48(59)55-49/h2-24,29,34,37,46,53,57-58,62H,25-28,30-33H2,1H3,(H,54,60)(H,55,59). The summed E-state index contributed by atoms with van der Waals surface area (Å²) in [6.45, 7) is 5.64. The molecule has 0 spiro atoms. The first-order chi connectivity index (χ1) is 31.0. The minimum Gasteiger partial charge on any atom is -0.506 e. The van der Waals surface area contributed by atoms with Gasteiger partial charge in [-0.2, -0.15) is 0 Å². The van der Waals surface area contributed by atoms with Crippen molar-refractivity contribution >= 4 is 34.1 Å². The number of benzene rings is 5. The number of fused-ring (bicyclic) bond motifs is 1. The number of aliphatic hydroxyl groups excluding tert-OH is 1. The normalized spacial score (nSPS) is 15.3. The Labute approximate surface area is 376 Å². The van der Waals surface area contributed by atoms with Gasteiger partial charge in [-0.3, -0.25) is 14.5 Å². The van der Waals surface area contributed by atoms with E-state index in [1.165, 1.54) is 29.0 Å². The lowest BCUT2D eigenvalue weighted by molar-refractivity contribution is -0.170. The number of thiophene rings is 1. The average Bonchev–Trinajstić information content (AvgIpc) is 3.81. The van der Waals surface area contributed by atoms with Gasteiger partial charge in [-0.15, -0.1) is 11.3 Å². The largest absolute Gasteiger partial charge is 0.506 e. The lowest BCUT2D eigenvalue weighted by atomic mass is 9.85. The molecule has 7 aromatic rings. The minimum absolute atomic E-state index is 0.0655. The molecule has 64 heavy (non-hydrogen) atoms. The summed E-state index contributed by atoms with van der Waals surface area (Å²) in [5, 5.41) is 40.3. The van der Waals surface area contributed by atoms with Gasteiger partial charge < -0.3 is 35.7 Å². The number of hydrogen-bond acceptors (Lipinski definition) is 10. The fourth-order valence-corrected chi connectivity index (χ4v) is 9.38. The number of pyridine rings is 1. The summed E-state index contributed by atoms with van der Waals surface area (Å²) in [4.78, 5) is 46.0. The highest BCUT2D eigenvalue weighted by atomic mass is 32.1. The van der Waals surface area contributed by atoms with Gasteiger partial charge in [0.2, 0.25) is 11.2 Å². The van der Waals surface area contributed by atoms with E-state index >= 15 is 0 Å². The second-order valence-corrected chi connectivity index (χ2v) is 17.6. The first kappa shape index (κ1) is 44.2. The van der Waals surface area contributed by atoms with Gasteiger partial charge in [0.1, 0.15) is 11.9 Å². The Balaban J connectivity index is 0.860. The number of piperidine rings is 1. The maximum Gasteiger partial charge on any atom is 0.347 e. The van der Waals surface area contributed by atoms with E-state index in [4.69, 9.17) is 4.74 Å². The van der Waals surface area contributed by atoms with E-state index in [2.05, 4.69) is 44.8 Å². The molecule has 1 aliphatic heterocycles. The van der Waals surface area contributed by atoms with Crippen molar-refractivity contribution in [2.45, 2.75) is 57.2 Å². The number of esters is 1. The van der Waals surface area contributed by atoms with E-state index in [0.29, 0.717) is 40.7 Å². The molecular weight excluding hydrogens is 825 g/mol. The molecule has 1 saturated heterocycles. The molecule has 0 aliphatic carbocycles. The Hall–Kier alpha value is -6.41. The monoisotopic (exact) mass is 876 g/mol. The van der Waals surface area contributed by atoms with Crippen LogP contribution in [0, 0.1) is 5.92 Å². The van der Waals surface area contributed by atoms with Crippen molar-refractivity contribution < 1.29 is 29.6 Å². The summed E-state index contributed by atoms with van der Waals surface area (Å²) < 4.78 is 6.15. The van der Waals surface area contributed by atoms with Crippen LogP contribution in [0.3, 0.4) is 0 Å². The Bertz CT molecular complexity index is 2750. The first-order valence-electron chi connectivity index (χ1n) is 21.6. The molecule has 0 radical (unpaired) electrons. The third-order valence-electron chi connectivity index (χ3n) is 12.1. The maximum atomic E-state index is 14.2. The van der Waals surface area contributed by atoms with Crippen molar-refractivity contribution in [1.82, 2.24) is 20.5 Å². The number of phenols is 1. The van der Waals surface area contributed by atoms with E-state index in [9.17, 15) is 29.7 Å². The van der Waals surface area contributed by atoms with E-state index < -0.39 is 17.7 Å². The molecule has 0 saturated carbocycles. The summed E-state index contributed by atoms with van der Waals surface area (Å²) in [6, 6.07) is 43.9. The third kappa shape index (κ3) is 10.2. The van der Waals surface area contributed by atoms with Crippen molar-refractivity contribution in [1.29, 1.82) is 0 Å². The molecule has 3 heterocycles. The highest BCUT2D eigenvalue weighted by Gasteiger charge is 2.43. The number of H-pyrrole nitrogens is 1. The Morgan fingerprint density at radius 3 is 2.30 bits per heavy atom. The van der Waals surface area contributed by atoms with Crippen LogP contribution in [0.25, 0.3) is 21.3 Å². The highest BCUT2D eigenvalue weighted by Crippen LogP contribution is 2.37. The number of carbonyl (C=O) groups is 2. The van der Waals surface area contributed by atoms with Crippen molar-refractivity contribution in [2.75, 3.05) is 19.6 Å². The smallest absolute Gasteiger partial charge is 0.347 e. The second kappa shape index (κ2) is 20.0. The third-order valence-corrected chi connectivity index (χ3v) is 13.3. The molecule has 12 heteroatoms. The van der Waals surface area contributed by atoms with E-state index in [1.54, 1.807) is 54.6 Å². The zero-order valence-corrected chi connectivity index (χ0v) is 36.4. The van der Waals surface area contributed by atoms with Gasteiger partial charge in [0.05, 0.1) is 18.2 Å². The van der Waals surface area contributed by atoms with Crippen LogP contribution in [-0.2, 0) is 34.8 Å². The molecule has 8 rings (SSSR count). The molecule has 1 aliphatic rings. The van der Waals surface area contributed by atoms with Crippen LogP contribution in [0.5, 0.6) is 5.75 Å². The van der Waals surface area contributed by atoms with Gasteiger partial charge in [0, 0.05) is 52.0 Å². The predicted molar refractivity (Wildman–Crippen MR) is 250 cm³/mol. The molecule has 2 aromatic heterocycles. The predicted octanol–water partition coefficient (Wildman–Crippen LogP) is 7.80. The molecule has 6 N–H and O–H groups in total. The number of nitrogens with zero attached hydrogens (tertiary/aromatic N) is 1. The van der Waals surface area contributed by atoms with E-state index in [-0.39, 0.29) is 41.3 Å². The van der Waals surface area contributed by atoms with Gasteiger partial charge in [-0.25, -0.2) is 4.79 Å². The maximum absolute atomic E-state index is 14.2. The number of rotatable bonds is 16. The second-order valence-electron chi connectivity index (χ2n) is 16.4. The van der Waals surface area contributed by atoms with Crippen molar-refractivity contribution in [3.05, 3.63) is 194 Å². The number of aromatic hydroxyl groups is 1. The van der Waals surface area contributed by atoms with Gasteiger partial charge in [-0.1, -0.05) is 97.1 Å². The molecule has 3 atom stereocenters. The SMILES string of the molecule is CC(OC(=O)C(O)(c1ccccc1)c1cccc(-c2ccc(CNC(=O)c3ccc(CNCC(O)c4ccc(O)c5[nH]c(=O)ccc45)cc3)s2)c1)C1CCN(Cc2ccccc2)CC1. The molecule has 3 unspecified atom stereocenters. The molecule has 1 fully saturated rings. The number of phenolic OH excluding ortho intramolecular Hbond substituents is 1. The molecule has 0 bridgehead atoms. The quantitative estimate of drug-likeness (QED) is 0.0532. The van der Waals surface area contributed by atoms with Gasteiger partial charge in [0.25, 0.3) is 5.91 Å². The number of nitrogens with one attached hydrogen (secondary N) is 3. The minimum atomic E-state index is -2.03. The van der Waals surface area contributed by atoms with Crippen LogP contribution in [0.15, 0.2) is 150 Å². The summed E-state index contributed by atoms with van der Waals surface area (Å²) in [5.41, 5.74) is 2.86. The topological polar surface area (TPSA) is 164 Å². The van der Waals surface area contributed by atoms with Crippen LogP contribution in [0.1, 0.15) is 68.9 Å². The Kier molecular flexibility index (Phi) is 13.8. The van der Waals surface area contributed by atoms with Gasteiger partial charge in [-0.05, 0) is 109 Å². The zero-order valence-electron chi connectivity index (χ0n) is 35.6. The van der Waals surface area contributed by atoms with Crippen LogP contribution in [0.2, 0.25) is 0 Å². The van der Waals surface area contributed by atoms with E-state index in [0.717, 1.165) is 53.4 Å². The summed E-state index contributed by atoms with van der Waals surface area (Å²) in [6.07, 6.45) is 0.527. The average molecular weight is 877 g/mol. The number of carbonyl (C=O) groups excluding carboxylic acids is 2. The lowest BCUT2D eigenvalue weighted by Crippen LogP contribution is -2.43. The molecule has 11 nitrogen and oxygen atoms in total. The Morgan fingerprint density at radius 1 is 0.828 bits per heavy atom. The summed E-state index contributed by atoms with van der Waals surface area (Å²) in [5.74, 6) is -0.808. The number of hydrogen-bond donors (Lipinski definition) is 6. The van der Waals surface area contributed by atoms with Crippen LogP contribution >= 0.6 is 11.3 Å². The lowest BCUT2D eigenvalue weighted by Gasteiger charge is -2.36. The van der Waals surface area contributed by atoms with Gasteiger partial charge >= 0.3 is 5.97 Å². The van der Waals surface area contributed by atoms with Crippen molar-refractivity contribution in [3.63, 3.8) is 0 Å². The summed E-state index contributed by atoms with van der Waals surface area (Å²) >= 11 is 1.52. The number of likely N-dealkylation sites (tertiary alicyclic amines) is 1. The van der Waals surface area contributed by atoms with Crippen molar-refractivity contribution in [2.24, 2.45) is 5.92 Å². The van der Waals surface area contributed by atoms with Gasteiger partial charge in [0.15, 0.2) is 0 Å². The highest BCUT2D eigenvalue weighted by molar-refractivity contribution is 7.15. The number of aromatic nitrogens is 1. The van der Waals surface area contributed by atoms with E-state index in [1.807, 2.05) is 61.5 Å². The first-order valence-corrected chi connectivity index (χ1v) is 22.4. The fraction of sp³-hybridized carbons (Fsp3) is 0.250. The molecular formula is C52H52N4O7S. The van der Waals surface area contributed by atoms with Crippen molar-refractivity contribution in [3.8, 4) is 16.2 Å². The number of aliphatic hydroxyl groups is 2. The Morgan fingerprint density at radius 2 is 1.55 bits per heavy atom. The number of amides is 1. The summed E-state index contributed by atoms with van der Waals surface area (Å²) in [7, 11) is 0. The fourth-order valence-electron chi connectivity index (χ4n) is 8.44. The molecule has 5 aromatic carbocycles. The number of aromatic amines is 1.